The van der Waals surface area contributed by atoms with E-state index in [-0.39, 0.29) is 6.10 Å². The van der Waals surface area contributed by atoms with E-state index in [2.05, 4.69) is 12.2 Å². The first kappa shape index (κ1) is 11.0. The zero-order chi connectivity index (χ0) is 9.68. The third-order valence-electron chi connectivity index (χ3n) is 2.21. The van der Waals surface area contributed by atoms with Crippen LogP contribution in [0, 0.1) is 0 Å². The second-order valence-corrected chi connectivity index (χ2v) is 3.97. The fourth-order valence-electron chi connectivity index (χ4n) is 1.31. The van der Waals surface area contributed by atoms with E-state index in [4.69, 9.17) is 9.47 Å². The summed E-state index contributed by atoms with van der Waals surface area (Å²) in [5.41, 5.74) is 0. The van der Waals surface area contributed by atoms with E-state index < -0.39 is 0 Å². The monoisotopic (exact) mass is 187 g/mol. The Morgan fingerprint density at radius 1 is 1.54 bits per heavy atom. The summed E-state index contributed by atoms with van der Waals surface area (Å²) in [7, 11) is 0. The summed E-state index contributed by atoms with van der Waals surface area (Å²) in [5, 5.41) is 3.41. The van der Waals surface area contributed by atoms with E-state index in [1.54, 1.807) is 0 Å². The predicted octanol–water partition coefficient (Wildman–Crippen LogP) is 1.18. The van der Waals surface area contributed by atoms with Gasteiger partial charge in [-0.1, -0.05) is 0 Å². The molecule has 1 saturated heterocycles. The van der Waals surface area contributed by atoms with Crippen molar-refractivity contribution in [2.75, 3.05) is 19.8 Å². The Bertz CT molecular complexity index is 139. The highest BCUT2D eigenvalue weighted by molar-refractivity contribution is 4.70. The summed E-state index contributed by atoms with van der Waals surface area (Å²) < 4.78 is 11.1. The van der Waals surface area contributed by atoms with Crippen molar-refractivity contribution in [3.63, 3.8) is 0 Å². The molecule has 1 rings (SSSR count). The van der Waals surface area contributed by atoms with E-state index in [0.29, 0.717) is 18.8 Å². The Morgan fingerprint density at radius 3 is 3.00 bits per heavy atom. The molecule has 1 fully saturated rings. The smallest absolute Gasteiger partial charge is 0.0932 e. The van der Waals surface area contributed by atoms with Gasteiger partial charge in [0, 0.05) is 19.2 Å². The number of hydrogen-bond donors (Lipinski definition) is 1. The summed E-state index contributed by atoms with van der Waals surface area (Å²) in [6, 6.07) is 0.573. The van der Waals surface area contributed by atoms with Crippen LogP contribution in [0.15, 0.2) is 0 Å². The van der Waals surface area contributed by atoms with Gasteiger partial charge in [0.25, 0.3) is 0 Å². The van der Waals surface area contributed by atoms with Gasteiger partial charge in [-0.2, -0.15) is 0 Å². The average Bonchev–Trinajstić information content (AvgIpc) is 2.27. The molecule has 1 aliphatic heterocycles. The van der Waals surface area contributed by atoms with Crippen molar-refractivity contribution >= 4 is 0 Å². The van der Waals surface area contributed by atoms with Gasteiger partial charge in [0.05, 0.1) is 18.8 Å². The minimum atomic E-state index is 0.229. The second-order valence-electron chi connectivity index (χ2n) is 3.97. The van der Waals surface area contributed by atoms with Crippen molar-refractivity contribution in [3.05, 3.63) is 0 Å². The highest BCUT2D eigenvalue weighted by Crippen LogP contribution is 2.03. The summed E-state index contributed by atoms with van der Waals surface area (Å²) in [6.45, 7) is 8.75. The Morgan fingerprint density at radius 2 is 2.31 bits per heavy atom. The van der Waals surface area contributed by atoms with Gasteiger partial charge in [0.2, 0.25) is 0 Å². The van der Waals surface area contributed by atoms with Crippen LogP contribution < -0.4 is 5.32 Å². The number of rotatable bonds is 3. The lowest BCUT2D eigenvalue weighted by atomic mass is 10.2. The molecule has 1 N–H and O–H groups in total. The molecule has 1 heterocycles. The fourth-order valence-corrected chi connectivity index (χ4v) is 1.31. The van der Waals surface area contributed by atoms with Crippen molar-refractivity contribution in [1.82, 2.24) is 5.32 Å². The molecular weight excluding hydrogens is 166 g/mol. The highest BCUT2D eigenvalue weighted by atomic mass is 16.5. The first-order valence-corrected chi connectivity index (χ1v) is 5.15. The van der Waals surface area contributed by atoms with Gasteiger partial charge in [-0.05, 0) is 27.2 Å². The molecule has 2 unspecified atom stereocenters. The van der Waals surface area contributed by atoms with E-state index in [1.807, 2.05) is 13.8 Å². The summed E-state index contributed by atoms with van der Waals surface area (Å²) in [6.07, 6.45) is 1.62. The van der Waals surface area contributed by atoms with Gasteiger partial charge < -0.3 is 14.8 Å². The van der Waals surface area contributed by atoms with E-state index in [9.17, 15) is 0 Å². The van der Waals surface area contributed by atoms with E-state index in [0.717, 1.165) is 19.6 Å². The minimum absolute atomic E-state index is 0.229. The molecular formula is C10H21NO2. The van der Waals surface area contributed by atoms with E-state index >= 15 is 0 Å². The molecule has 0 amide bonds. The third-order valence-corrected chi connectivity index (χ3v) is 2.21. The molecule has 0 saturated carbocycles. The van der Waals surface area contributed by atoms with Crippen LogP contribution in [0.4, 0.5) is 0 Å². The van der Waals surface area contributed by atoms with Crippen LogP contribution in [0.1, 0.15) is 27.2 Å². The van der Waals surface area contributed by atoms with Crippen LogP contribution in [0.3, 0.4) is 0 Å². The van der Waals surface area contributed by atoms with E-state index in [1.165, 1.54) is 0 Å². The van der Waals surface area contributed by atoms with Crippen LogP contribution in [0.5, 0.6) is 0 Å². The first-order valence-electron chi connectivity index (χ1n) is 5.15. The molecule has 3 nitrogen and oxygen atoms in total. The maximum Gasteiger partial charge on any atom is 0.0932 e. The van der Waals surface area contributed by atoms with Gasteiger partial charge >= 0.3 is 0 Å². The lowest BCUT2D eigenvalue weighted by Crippen LogP contribution is -2.34. The second kappa shape index (κ2) is 5.58. The molecule has 0 bridgehead atoms. The quantitative estimate of drug-likeness (QED) is 0.719. The molecule has 13 heavy (non-hydrogen) atoms. The molecule has 0 aliphatic carbocycles. The van der Waals surface area contributed by atoms with Gasteiger partial charge in [-0.15, -0.1) is 0 Å². The molecule has 2 atom stereocenters. The molecule has 78 valence electrons. The van der Waals surface area contributed by atoms with Crippen molar-refractivity contribution < 1.29 is 9.47 Å². The average molecular weight is 187 g/mol. The van der Waals surface area contributed by atoms with Gasteiger partial charge in [0.1, 0.15) is 0 Å². The van der Waals surface area contributed by atoms with Gasteiger partial charge in [0.15, 0.2) is 0 Å². The topological polar surface area (TPSA) is 30.5 Å². The van der Waals surface area contributed by atoms with Crippen LogP contribution in [0.2, 0.25) is 0 Å². The van der Waals surface area contributed by atoms with Crippen molar-refractivity contribution in [1.29, 1.82) is 0 Å². The standard InChI is InChI=1S/C10H21NO2/c1-8(2)13-7-10-6-11-9(3)4-5-12-10/h8-11H,4-7H2,1-3H3. The molecule has 1 aliphatic rings. The molecule has 3 heteroatoms. The Labute approximate surface area is 80.8 Å². The van der Waals surface area contributed by atoms with Crippen molar-refractivity contribution in [2.24, 2.45) is 0 Å². The summed E-state index contributed by atoms with van der Waals surface area (Å²) in [4.78, 5) is 0. The summed E-state index contributed by atoms with van der Waals surface area (Å²) >= 11 is 0. The van der Waals surface area contributed by atoms with Crippen molar-refractivity contribution in [3.8, 4) is 0 Å². The Kier molecular flexibility index (Phi) is 4.70. The number of hydrogen-bond acceptors (Lipinski definition) is 3. The molecule has 0 radical (unpaired) electrons. The minimum Gasteiger partial charge on any atom is -0.376 e. The number of ether oxygens (including phenoxy) is 2. The molecule has 0 aromatic carbocycles. The van der Waals surface area contributed by atoms with Crippen LogP contribution in [-0.2, 0) is 9.47 Å². The maximum atomic E-state index is 5.64. The van der Waals surface area contributed by atoms with Gasteiger partial charge in [-0.3, -0.25) is 0 Å². The van der Waals surface area contributed by atoms with Gasteiger partial charge in [-0.25, -0.2) is 0 Å². The highest BCUT2D eigenvalue weighted by Gasteiger charge is 2.15. The van der Waals surface area contributed by atoms with Crippen LogP contribution in [-0.4, -0.2) is 38.0 Å². The zero-order valence-corrected chi connectivity index (χ0v) is 8.88. The van der Waals surface area contributed by atoms with Crippen LogP contribution in [0.25, 0.3) is 0 Å². The number of nitrogens with one attached hydrogen (secondary N) is 1. The van der Waals surface area contributed by atoms with Crippen LogP contribution >= 0.6 is 0 Å². The molecule has 0 spiro atoms. The molecule has 0 aromatic rings. The zero-order valence-electron chi connectivity index (χ0n) is 8.88. The third kappa shape index (κ3) is 4.60. The lowest BCUT2D eigenvalue weighted by molar-refractivity contribution is -0.0271. The summed E-state index contributed by atoms with van der Waals surface area (Å²) in [5.74, 6) is 0. The maximum absolute atomic E-state index is 5.64. The Balaban J connectivity index is 2.18. The predicted molar refractivity (Wildman–Crippen MR) is 52.9 cm³/mol. The largest absolute Gasteiger partial charge is 0.376 e. The molecule has 0 aromatic heterocycles. The first-order chi connectivity index (χ1) is 6.18. The fraction of sp³-hybridized carbons (Fsp3) is 1.00. The Hall–Kier alpha value is -0.120. The lowest BCUT2D eigenvalue weighted by Gasteiger charge is -2.17. The van der Waals surface area contributed by atoms with Crippen molar-refractivity contribution in [2.45, 2.75) is 45.4 Å². The SMILES string of the molecule is CC1CCOC(COC(C)C)CN1. The normalized spacial score (nSPS) is 30.5.